The zero-order valence-corrected chi connectivity index (χ0v) is 16.1. The van der Waals surface area contributed by atoms with Gasteiger partial charge in [-0.1, -0.05) is 23.7 Å². The Bertz CT molecular complexity index is 541. The summed E-state index contributed by atoms with van der Waals surface area (Å²) < 4.78 is 11.8. The lowest BCUT2D eigenvalue weighted by molar-refractivity contribution is 0.648. The van der Waals surface area contributed by atoms with Gasteiger partial charge in [-0.05, 0) is 51.8 Å². The van der Waals surface area contributed by atoms with Crippen LogP contribution in [0.2, 0.25) is 5.02 Å². The van der Waals surface area contributed by atoms with Gasteiger partial charge in [0.25, 0.3) is 0 Å². The number of nitrogens with zero attached hydrogens (tertiary/aromatic N) is 1. The maximum absolute atomic E-state index is 12.0. The molecule has 6 heteroatoms. The Hall–Kier alpha value is -1.07. The number of halogens is 1. The average molecular weight is 358 g/mol. The number of hydrogen-bond acceptors (Lipinski definition) is 2. The first-order valence-electron chi connectivity index (χ1n) is 7.98. The van der Waals surface area contributed by atoms with Crippen molar-refractivity contribution in [3.05, 3.63) is 34.9 Å². The van der Waals surface area contributed by atoms with Crippen LogP contribution in [0.3, 0.4) is 0 Å². The van der Waals surface area contributed by atoms with Crippen molar-refractivity contribution >= 4 is 28.4 Å². The lowest BCUT2D eigenvalue weighted by Crippen LogP contribution is -2.38. The molecule has 0 aliphatic carbocycles. The summed E-state index contributed by atoms with van der Waals surface area (Å²) in [5, 5.41) is 7.26. The van der Waals surface area contributed by atoms with Gasteiger partial charge in [-0.25, -0.2) is 0 Å². The minimum Gasteiger partial charge on any atom is -0.357 e. The standard InChI is InChI=1S/C17H28ClN3OS/c1-5-19-16(21-11-12-23(22)17(2,3)4)20-10-9-14-7-6-8-15(18)13-14/h6-8,13H,5,9-12H2,1-4H3,(H2,19,20,21). The van der Waals surface area contributed by atoms with Gasteiger partial charge < -0.3 is 10.6 Å². The molecule has 1 unspecified atom stereocenters. The summed E-state index contributed by atoms with van der Waals surface area (Å²) in [5.74, 6) is 1.34. The normalized spacial score (nSPS) is 13.7. The fourth-order valence-electron chi connectivity index (χ4n) is 1.91. The number of nitrogens with one attached hydrogen (secondary N) is 2. The van der Waals surface area contributed by atoms with Gasteiger partial charge >= 0.3 is 0 Å². The van der Waals surface area contributed by atoms with Crippen molar-refractivity contribution in [1.82, 2.24) is 10.6 Å². The van der Waals surface area contributed by atoms with E-state index in [9.17, 15) is 4.21 Å². The van der Waals surface area contributed by atoms with Gasteiger partial charge in [-0.3, -0.25) is 9.20 Å². The van der Waals surface area contributed by atoms with Crippen LogP contribution in [0.1, 0.15) is 33.3 Å². The first-order valence-corrected chi connectivity index (χ1v) is 9.67. The fraction of sp³-hybridized carbons (Fsp3) is 0.588. The Morgan fingerprint density at radius 3 is 2.65 bits per heavy atom. The van der Waals surface area contributed by atoms with Crippen LogP contribution in [0.25, 0.3) is 0 Å². The minimum absolute atomic E-state index is 0.187. The smallest absolute Gasteiger partial charge is 0.191 e. The Kier molecular flexibility index (Phi) is 8.63. The van der Waals surface area contributed by atoms with Gasteiger partial charge in [0.1, 0.15) is 0 Å². The molecule has 0 aliphatic rings. The number of aliphatic imine (C=N–C) groups is 1. The van der Waals surface area contributed by atoms with Crippen molar-refractivity contribution in [3.63, 3.8) is 0 Å². The molecule has 0 aliphatic heterocycles. The number of guanidine groups is 1. The minimum atomic E-state index is -0.873. The van der Waals surface area contributed by atoms with Crippen LogP contribution in [-0.2, 0) is 17.2 Å². The molecule has 1 rings (SSSR count). The molecule has 2 N–H and O–H groups in total. The highest BCUT2D eigenvalue weighted by Crippen LogP contribution is 2.11. The van der Waals surface area contributed by atoms with E-state index in [1.54, 1.807) is 0 Å². The topological polar surface area (TPSA) is 53.5 Å². The summed E-state index contributed by atoms with van der Waals surface area (Å²) in [4.78, 5) is 4.49. The summed E-state index contributed by atoms with van der Waals surface area (Å²) in [5.41, 5.74) is 1.19. The molecule has 0 aromatic heterocycles. The molecule has 0 spiro atoms. The summed E-state index contributed by atoms with van der Waals surface area (Å²) in [6.07, 6.45) is 0.874. The van der Waals surface area contributed by atoms with Gasteiger partial charge in [0.2, 0.25) is 0 Å². The third-order valence-corrected chi connectivity index (χ3v) is 5.32. The van der Waals surface area contributed by atoms with Crippen LogP contribution >= 0.6 is 11.6 Å². The van der Waals surface area contributed by atoms with Crippen molar-refractivity contribution in [3.8, 4) is 0 Å². The van der Waals surface area contributed by atoms with Crippen LogP contribution in [0.5, 0.6) is 0 Å². The van der Waals surface area contributed by atoms with E-state index in [-0.39, 0.29) is 4.75 Å². The lowest BCUT2D eigenvalue weighted by atomic mass is 10.1. The zero-order chi connectivity index (χ0) is 17.3. The molecule has 130 valence electrons. The second-order valence-corrected chi connectivity index (χ2v) is 8.99. The largest absolute Gasteiger partial charge is 0.357 e. The Balaban J connectivity index is 2.45. The molecule has 0 heterocycles. The molecule has 0 saturated carbocycles. The van der Waals surface area contributed by atoms with Gasteiger partial charge in [0.05, 0.1) is 6.54 Å². The number of rotatable bonds is 7. The molecule has 1 aromatic carbocycles. The van der Waals surface area contributed by atoms with Crippen LogP contribution in [0, 0.1) is 0 Å². The van der Waals surface area contributed by atoms with E-state index in [1.165, 1.54) is 5.56 Å². The molecule has 0 fully saturated rings. The van der Waals surface area contributed by atoms with E-state index in [2.05, 4.69) is 21.7 Å². The SMILES string of the molecule is CCNC(=NCCS(=O)C(C)(C)C)NCCc1cccc(Cl)c1. The lowest BCUT2D eigenvalue weighted by Gasteiger charge is -2.17. The molecule has 0 amide bonds. The molecule has 4 nitrogen and oxygen atoms in total. The van der Waals surface area contributed by atoms with Gasteiger partial charge in [0, 0.05) is 39.4 Å². The predicted octanol–water partition coefficient (Wildman–Crippen LogP) is 2.98. The van der Waals surface area contributed by atoms with E-state index in [4.69, 9.17) is 11.6 Å². The van der Waals surface area contributed by atoms with Crippen LogP contribution < -0.4 is 10.6 Å². The van der Waals surface area contributed by atoms with Crippen molar-refractivity contribution in [1.29, 1.82) is 0 Å². The molecule has 0 saturated heterocycles. The maximum atomic E-state index is 12.0. The Morgan fingerprint density at radius 1 is 1.30 bits per heavy atom. The monoisotopic (exact) mass is 357 g/mol. The second-order valence-electron chi connectivity index (χ2n) is 6.23. The average Bonchev–Trinajstić information content (AvgIpc) is 2.46. The first-order chi connectivity index (χ1) is 10.8. The van der Waals surface area contributed by atoms with E-state index in [0.29, 0.717) is 12.3 Å². The van der Waals surface area contributed by atoms with E-state index in [0.717, 1.165) is 30.5 Å². The number of hydrogen-bond donors (Lipinski definition) is 2. The van der Waals surface area contributed by atoms with Crippen molar-refractivity contribution in [2.24, 2.45) is 4.99 Å². The van der Waals surface area contributed by atoms with E-state index in [1.807, 2.05) is 45.9 Å². The highest BCUT2D eigenvalue weighted by molar-refractivity contribution is 7.86. The summed E-state index contributed by atoms with van der Waals surface area (Å²) >= 11 is 5.99. The zero-order valence-electron chi connectivity index (χ0n) is 14.5. The quantitative estimate of drug-likeness (QED) is 0.582. The fourth-order valence-corrected chi connectivity index (χ4v) is 2.99. The molecular weight excluding hydrogens is 330 g/mol. The maximum Gasteiger partial charge on any atom is 0.191 e. The molecular formula is C17H28ClN3OS. The third kappa shape index (κ3) is 8.37. The van der Waals surface area contributed by atoms with Crippen molar-refractivity contribution in [2.75, 3.05) is 25.4 Å². The Labute approximate surface area is 147 Å². The van der Waals surface area contributed by atoms with Gasteiger partial charge in [0.15, 0.2) is 5.96 Å². The Morgan fingerprint density at radius 2 is 2.04 bits per heavy atom. The molecule has 0 bridgehead atoms. The highest BCUT2D eigenvalue weighted by Gasteiger charge is 2.18. The second kappa shape index (κ2) is 9.93. The summed E-state index contributed by atoms with van der Waals surface area (Å²) in [6.45, 7) is 10.1. The van der Waals surface area contributed by atoms with Gasteiger partial charge in [-0.2, -0.15) is 0 Å². The number of benzene rings is 1. The van der Waals surface area contributed by atoms with E-state index >= 15 is 0 Å². The molecule has 0 radical (unpaired) electrons. The van der Waals surface area contributed by atoms with Crippen LogP contribution in [-0.4, -0.2) is 40.3 Å². The van der Waals surface area contributed by atoms with Crippen LogP contribution in [0.4, 0.5) is 0 Å². The molecule has 23 heavy (non-hydrogen) atoms. The third-order valence-electron chi connectivity index (χ3n) is 3.17. The van der Waals surface area contributed by atoms with Crippen LogP contribution in [0.15, 0.2) is 29.3 Å². The first kappa shape index (κ1) is 20.0. The highest BCUT2D eigenvalue weighted by atomic mass is 35.5. The van der Waals surface area contributed by atoms with Crippen molar-refractivity contribution < 1.29 is 4.21 Å². The predicted molar refractivity (Wildman–Crippen MR) is 102 cm³/mol. The summed E-state index contributed by atoms with van der Waals surface area (Å²) in [7, 11) is -0.873. The van der Waals surface area contributed by atoms with Crippen molar-refractivity contribution in [2.45, 2.75) is 38.9 Å². The summed E-state index contributed by atoms with van der Waals surface area (Å²) in [6, 6.07) is 7.86. The molecule has 1 aromatic rings. The van der Waals surface area contributed by atoms with E-state index < -0.39 is 10.8 Å². The molecule has 1 atom stereocenters. The van der Waals surface area contributed by atoms with Gasteiger partial charge in [-0.15, -0.1) is 0 Å².